The first-order valence-electron chi connectivity index (χ1n) is 7.01. The van der Waals surface area contributed by atoms with Crippen molar-refractivity contribution in [1.29, 1.82) is 0 Å². The van der Waals surface area contributed by atoms with Gasteiger partial charge in [-0.3, -0.25) is 14.4 Å². The van der Waals surface area contributed by atoms with Crippen molar-refractivity contribution >= 4 is 15.2 Å². The van der Waals surface area contributed by atoms with E-state index in [1.807, 2.05) is 20.8 Å². The molecule has 0 saturated heterocycles. The molecule has 0 amide bonds. The van der Waals surface area contributed by atoms with Crippen molar-refractivity contribution in [2.45, 2.75) is 57.5 Å². The SMILES string of the molecule is COP(=O)(OC)C(CC(C)(C)P(=O)(OC)OC)NC(C)(C)C. The van der Waals surface area contributed by atoms with Crippen LogP contribution in [0.1, 0.15) is 41.0 Å². The lowest BCUT2D eigenvalue weighted by Crippen LogP contribution is -2.46. The second-order valence-electron chi connectivity index (χ2n) is 6.69. The highest BCUT2D eigenvalue weighted by Crippen LogP contribution is 2.63. The van der Waals surface area contributed by atoms with Gasteiger partial charge in [-0.05, 0) is 41.0 Å². The summed E-state index contributed by atoms with van der Waals surface area (Å²) in [5, 5.41) is 2.35. The minimum absolute atomic E-state index is 0.224. The normalized spacial score (nSPS) is 15.9. The maximum Gasteiger partial charge on any atom is 0.346 e. The van der Waals surface area contributed by atoms with Crippen molar-refractivity contribution in [3.63, 3.8) is 0 Å². The molecular weight excluding hydrogens is 328 g/mol. The van der Waals surface area contributed by atoms with Gasteiger partial charge in [-0.2, -0.15) is 0 Å². The van der Waals surface area contributed by atoms with Crippen LogP contribution in [-0.4, -0.2) is 44.9 Å². The predicted octanol–water partition coefficient (Wildman–Crippen LogP) is 3.84. The Morgan fingerprint density at radius 1 is 0.864 bits per heavy atom. The summed E-state index contributed by atoms with van der Waals surface area (Å²) in [6.45, 7) is 9.31. The molecule has 0 aliphatic heterocycles. The van der Waals surface area contributed by atoms with Gasteiger partial charge >= 0.3 is 15.2 Å². The first kappa shape index (κ1) is 22.3. The number of hydrogen-bond acceptors (Lipinski definition) is 7. The molecule has 0 radical (unpaired) electrons. The summed E-state index contributed by atoms with van der Waals surface area (Å²) in [6.07, 6.45) is 0.224. The second-order valence-corrected chi connectivity index (χ2v) is 12.1. The van der Waals surface area contributed by atoms with Crippen LogP contribution in [0.25, 0.3) is 0 Å². The van der Waals surface area contributed by atoms with Crippen LogP contribution in [0.2, 0.25) is 0 Å². The molecule has 1 unspecified atom stereocenters. The van der Waals surface area contributed by atoms with Gasteiger partial charge < -0.3 is 18.1 Å². The van der Waals surface area contributed by atoms with Gasteiger partial charge in [-0.1, -0.05) is 0 Å². The molecule has 134 valence electrons. The highest BCUT2D eigenvalue weighted by molar-refractivity contribution is 7.56. The largest absolute Gasteiger partial charge is 0.346 e. The lowest BCUT2D eigenvalue weighted by Gasteiger charge is -2.38. The molecule has 0 fully saturated rings. The summed E-state index contributed by atoms with van der Waals surface area (Å²) in [6, 6.07) is 0. The molecule has 0 heterocycles. The molecule has 0 rings (SSSR count). The van der Waals surface area contributed by atoms with Crippen molar-refractivity contribution in [2.75, 3.05) is 28.4 Å². The lowest BCUT2D eigenvalue weighted by molar-refractivity contribution is 0.224. The van der Waals surface area contributed by atoms with Crippen LogP contribution in [0, 0.1) is 0 Å². The highest BCUT2D eigenvalue weighted by Gasteiger charge is 2.48. The van der Waals surface area contributed by atoms with Crippen LogP contribution in [-0.2, 0) is 27.2 Å². The standard InChI is InChI=1S/C13H31NO6P2/c1-12(2,3)14-11(21(15,17-6)18-7)10-13(4,5)22(16,19-8)20-9/h11,14H,10H2,1-9H3. The van der Waals surface area contributed by atoms with E-state index in [1.165, 1.54) is 28.4 Å². The predicted molar refractivity (Wildman–Crippen MR) is 88.6 cm³/mol. The molecule has 22 heavy (non-hydrogen) atoms. The van der Waals surface area contributed by atoms with Crippen LogP contribution in [0.5, 0.6) is 0 Å². The van der Waals surface area contributed by atoms with Crippen LogP contribution in [0.15, 0.2) is 0 Å². The first-order chi connectivity index (χ1) is 9.80. The Morgan fingerprint density at radius 3 is 1.55 bits per heavy atom. The summed E-state index contributed by atoms with van der Waals surface area (Å²) >= 11 is 0. The molecule has 0 spiro atoms. The summed E-state index contributed by atoms with van der Waals surface area (Å²) in [7, 11) is -1.44. The van der Waals surface area contributed by atoms with Gasteiger partial charge in [-0.25, -0.2) is 0 Å². The Balaban J connectivity index is 5.65. The van der Waals surface area contributed by atoms with Gasteiger partial charge in [0.1, 0.15) is 5.78 Å². The number of hydrogen-bond donors (Lipinski definition) is 1. The van der Waals surface area contributed by atoms with Crippen molar-refractivity contribution in [1.82, 2.24) is 5.32 Å². The van der Waals surface area contributed by atoms with E-state index < -0.39 is 26.1 Å². The molecule has 0 saturated carbocycles. The van der Waals surface area contributed by atoms with Crippen LogP contribution in [0.3, 0.4) is 0 Å². The van der Waals surface area contributed by atoms with Crippen LogP contribution < -0.4 is 5.32 Å². The quantitative estimate of drug-likeness (QED) is 0.626. The fourth-order valence-electron chi connectivity index (χ4n) is 2.22. The minimum atomic E-state index is -3.42. The molecule has 7 nitrogen and oxygen atoms in total. The van der Waals surface area contributed by atoms with E-state index in [1.54, 1.807) is 13.8 Å². The summed E-state index contributed by atoms with van der Waals surface area (Å²) in [4.78, 5) is 0. The van der Waals surface area contributed by atoms with E-state index in [0.717, 1.165) is 0 Å². The highest BCUT2D eigenvalue weighted by atomic mass is 31.2. The summed E-state index contributed by atoms with van der Waals surface area (Å²) in [5.41, 5.74) is -0.336. The van der Waals surface area contributed by atoms with Crippen molar-refractivity contribution in [3.05, 3.63) is 0 Å². The van der Waals surface area contributed by atoms with E-state index in [9.17, 15) is 9.13 Å². The zero-order valence-corrected chi connectivity index (χ0v) is 16.9. The van der Waals surface area contributed by atoms with Gasteiger partial charge in [0.25, 0.3) is 0 Å². The van der Waals surface area contributed by atoms with Crippen molar-refractivity contribution < 1.29 is 27.2 Å². The van der Waals surface area contributed by atoms with Crippen LogP contribution >= 0.6 is 15.2 Å². The van der Waals surface area contributed by atoms with Gasteiger partial charge in [0.05, 0.1) is 5.16 Å². The molecule has 0 aliphatic carbocycles. The average molecular weight is 359 g/mol. The average Bonchev–Trinajstić information content (AvgIpc) is 2.42. The van der Waals surface area contributed by atoms with E-state index in [0.29, 0.717) is 0 Å². The van der Waals surface area contributed by atoms with Crippen molar-refractivity contribution in [2.24, 2.45) is 0 Å². The maximum absolute atomic E-state index is 12.8. The van der Waals surface area contributed by atoms with Crippen molar-refractivity contribution in [3.8, 4) is 0 Å². The Labute approximate surface area is 134 Å². The monoisotopic (exact) mass is 359 g/mol. The molecular formula is C13H31NO6P2. The van der Waals surface area contributed by atoms with Crippen LogP contribution in [0.4, 0.5) is 0 Å². The van der Waals surface area contributed by atoms with Gasteiger partial charge in [-0.15, -0.1) is 0 Å². The zero-order valence-electron chi connectivity index (χ0n) is 15.1. The molecule has 1 N–H and O–H groups in total. The third kappa shape index (κ3) is 5.41. The first-order valence-corrected chi connectivity index (χ1v) is 10.2. The zero-order chi connectivity index (χ0) is 17.8. The summed E-state index contributed by atoms with van der Waals surface area (Å²) in [5.74, 6) is -0.656. The molecule has 0 aliphatic rings. The number of nitrogens with one attached hydrogen (secondary N) is 1. The van der Waals surface area contributed by atoms with E-state index >= 15 is 0 Å². The fraction of sp³-hybridized carbons (Fsp3) is 1.00. The molecule has 9 heteroatoms. The van der Waals surface area contributed by atoms with Gasteiger partial charge in [0.2, 0.25) is 0 Å². The second kappa shape index (κ2) is 7.89. The smallest absolute Gasteiger partial charge is 0.312 e. The van der Waals surface area contributed by atoms with Gasteiger partial charge in [0.15, 0.2) is 0 Å². The molecule has 1 atom stereocenters. The summed E-state index contributed by atoms with van der Waals surface area (Å²) < 4.78 is 46.0. The van der Waals surface area contributed by atoms with E-state index in [4.69, 9.17) is 18.1 Å². The Morgan fingerprint density at radius 2 is 1.27 bits per heavy atom. The van der Waals surface area contributed by atoms with E-state index in [2.05, 4.69) is 5.32 Å². The maximum atomic E-state index is 12.8. The molecule has 0 aromatic heterocycles. The Bertz CT molecular complexity index is 430. The minimum Gasteiger partial charge on any atom is -0.312 e. The fourth-order valence-corrected chi connectivity index (χ4v) is 5.80. The lowest BCUT2D eigenvalue weighted by atomic mass is 10.1. The molecule has 0 aromatic rings. The number of rotatable bonds is 9. The third-order valence-electron chi connectivity index (χ3n) is 3.41. The van der Waals surface area contributed by atoms with E-state index in [-0.39, 0.29) is 12.0 Å². The topological polar surface area (TPSA) is 83.1 Å². The Hall–Kier alpha value is 0.260. The van der Waals surface area contributed by atoms with Gasteiger partial charge in [0, 0.05) is 34.0 Å². The third-order valence-corrected chi connectivity index (χ3v) is 8.13. The molecule has 0 aromatic carbocycles. The Kier molecular flexibility index (Phi) is 7.98. The molecule has 0 bridgehead atoms.